The van der Waals surface area contributed by atoms with Crippen LogP contribution in [0.1, 0.15) is 60.7 Å². The number of pyridine rings is 1. The molecule has 0 fully saturated rings. The van der Waals surface area contributed by atoms with Crippen molar-refractivity contribution in [2.24, 2.45) is 10.9 Å². The number of fused-ring (bicyclic) bond motifs is 1. The summed E-state index contributed by atoms with van der Waals surface area (Å²) in [6.07, 6.45) is -4.67. The fraction of sp³-hybridized carbons (Fsp3) is 0.321. The molecule has 1 N–H and O–H groups in total. The summed E-state index contributed by atoms with van der Waals surface area (Å²) in [5.74, 6) is -1.04. The number of ether oxygens (including phenoxy) is 1. The van der Waals surface area contributed by atoms with Gasteiger partial charge in [-0.15, -0.1) is 0 Å². The molecular formula is C28H28F3N3O2. The Morgan fingerprint density at radius 1 is 1.08 bits per heavy atom. The van der Waals surface area contributed by atoms with E-state index in [2.05, 4.69) is 15.3 Å². The van der Waals surface area contributed by atoms with E-state index >= 15 is 0 Å². The van der Waals surface area contributed by atoms with Crippen LogP contribution in [-0.4, -0.2) is 29.8 Å². The van der Waals surface area contributed by atoms with Crippen molar-refractivity contribution in [1.29, 1.82) is 0 Å². The number of hydrogen-bond acceptors (Lipinski definition) is 4. The van der Waals surface area contributed by atoms with Crippen LogP contribution in [0.2, 0.25) is 0 Å². The Bertz CT molecular complexity index is 1240. The number of amides is 1. The molecule has 0 saturated heterocycles. The molecular weight excluding hydrogens is 467 g/mol. The van der Waals surface area contributed by atoms with Crippen LogP contribution in [0.15, 0.2) is 71.7 Å². The van der Waals surface area contributed by atoms with E-state index < -0.39 is 24.3 Å². The van der Waals surface area contributed by atoms with Crippen molar-refractivity contribution in [1.82, 2.24) is 10.3 Å². The average molecular weight is 496 g/mol. The van der Waals surface area contributed by atoms with Gasteiger partial charge in [-0.1, -0.05) is 74.5 Å². The largest absolute Gasteiger partial charge is 0.468 e. The molecule has 2 heterocycles. The van der Waals surface area contributed by atoms with Crippen LogP contribution >= 0.6 is 0 Å². The standard InChI is InChI=1S/C28H28F3N3O2/c1-17-15-32-27(21-12-8-5-9-13-21)25-22(28(29,30)31)14-24(34-26(25)18(17)2)36-16-23(35)33-19(3)20-10-6-4-7-11-20/h4-14,17-19H,15-16H2,1-3H3,(H,33,35). The van der Waals surface area contributed by atoms with Gasteiger partial charge in [0, 0.05) is 29.7 Å². The molecule has 3 atom stereocenters. The molecule has 0 aliphatic carbocycles. The van der Waals surface area contributed by atoms with Crippen molar-refractivity contribution >= 4 is 11.6 Å². The number of nitrogens with one attached hydrogen (secondary N) is 1. The number of carbonyl (C=O) groups is 1. The average Bonchev–Trinajstić information content (AvgIpc) is 2.99. The first-order valence-corrected chi connectivity index (χ1v) is 11.8. The van der Waals surface area contributed by atoms with Crippen LogP contribution in [0.3, 0.4) is 0 Å². The molecule has 5 nitrogen and oxygen atoms in total. The van der Waals surface area contributed by atoms with Gasteiger partial charge >= 0.3 is 6.18 Å². The Labute approximate surface area is 208 Å². The lowest BCUT2D eigenvalue weighted by molar-refractivity contribution is -0.137. The predicted octanol–water partition coefficient (Wildman–Crippen LogP) is 5.95. The van der Waals surface area contributed by atoms with Gasteiger partial charge in [0.1, 0.15) is 0 Å². The Morgan fingerprint density at radius 2 is 1.72 bits per heavy atom. The number of nitrogens with zero attached hydrogens (tertiary/aromatic N) is 2. The van der Waals surface area contributed by atoms with Gasteiger partial charge in [-0.2, -0.15) is 13.2 Å². The fourth-order valence-electron chi connectivity index (χ4n) is 4.24. The minimum absolute atomic E-state index is 0.0277. The first-order valence-electron chi connectivity index (χ1n) is 11.8. The third kappa shape index (κ3) is 5.58. The van der Waals surface area contributed by atoms with E-state index in [1.807, 2.05) is 51.1 Å². The quantitative estimate of drug-likeness (QED) is 0.460. The molecule has 0 spiro atoms. The van der Waals surface area contributed by atoms with Crippen LogP contribution in [0.25, 0.3) is 0 Å². The molecule has 0 radical (unpaired) electrons. The number of aromatic nitrogens is 1. The lowest BCUT2D eigenvalue weighted by Crippen LogP contribution is -2.31. The van der Waals surface area contributed by atoms with Gasteiger partial charge in [0.15, 0.2) is 6.61 Å². The second kappa shape index (κ2) is 10.5. The molecule has 3 aromatic rings. The second-order valence-electron chi connectivity index (χ2n) is 9.08. The van der Waals surface area contributed by atoms with Crippen molar-refractivity contribution in [3.05, 3.63) is 94.7 Å². The third-order valence-electron chi connectivity index (χ3n) is 6.46. The highest BCUT2D eigenvalue weighted by molar-refractivity contribution is 6.14. The summed E-state index contributed by atoms with van der Waals surface area (Å²) in [6.45, 7) is 5.52. The lowest BCUT2D eigenvalue weighted by Gasteiger charge is -2.22. The highest BCUT2D eigenvalue weighted by atomic mass is 19.4. The molecule has 2 aromatic carbocycles. The summed E-state index contributed by atoms with van der Waals surface area (Å²) in [6, 6.07) is 18.8. The Hall–Kier alpha value is -3.68. The number of benzene rings is 2. The number of rotatable bonds is 6. The molecule has 0 bridgehead atoms. The van der Waals surface area contributed by atoms with E-state index in [-0.39, 0.29) is 40.7 Å². The van der Waals surface area contributed by atoms with Crippen molar-refractivity contribution in [2.75, 3.05) is 13.2 Å². The molecule has 8 heteroatoms. The number of halogens is 3. The van der Waals surface area contributed by atoms with Gasteiger partial charge in [0.2, 0.25) is 5.88 Å². The molecule has 0 saturated carbocycles. The SMILES string of the molecule is CC(NC(=O)COc1cc(C(F)(F)F)c2c(n1)C(C)C(C)CN=C2c1ccccc1)c1ccccc1. The van der Waals surface area contributed by atoms with Crippen LogP contribution in [0.5, 0.6) is 5.88 Å². The fourth-order valence-corrected chi connectivity index (χ4v) is 4.24. The van der Waals surface area contributed by atoms with E-state index in [1.165, 1.54) is 0 Å². The summed E-state index contributed by atoms with van der Waals surface area (Å²) in [7, 11) is 0. The van der Waals surface area contributed by atoms with Gasteiger partial charge in [-0.05, 0) is 18.4 Å². The topological polar surface area (TPSA) is 63.6 Å². The summed E-state index contributed by atoms with van der Waals surface area (Å²) < 4.78 is 48.5. The summed E-state index contributed by atoms with van der Waals surface area (Å²) in [5, 5.41) is 2.79. The van der Waals surface area contributed by atoms with E-state index in [0.717, 1.165) is 11.6 Å². The zero-order valence-electron chi connectivity index (χ0n) is 20.3. The molecule has 1 aromatic heterocycles. The normalized spacial score (nSPS) is 18.4. The van der Waals surface area contributed by atoms with Gasteiger partial charge in [0.05, 0.1) is 23.0 Å². The Morgan fingerprint density at radius 3 is 2.36 bits per heavy atom. The molecule has 188 valence electrons. The molecule has 3 unspecified atom stereocenters. The molecule has 1 amide bonds. The lowest BCUT2D eigenvalue weighted by atomic mass is 9.87. The first-order chi connectivity index (χ1) is 17.1. The monoisotopic (exact) mass is 495 g/mol. The molecule has 4 rings (SSSR count). The van der Waals surface area contributed by atoms with Crippen LogP contribution in [0, 0.1) is 5.92 Å². The third-order valence-corrected chi connectivity index (χ3v) is 6.46. The van der Waals surface area contributed by atoms with Gasteiger partial charge in [-0.3, -0.25) is 9.79 Å². The van der Waals surface area contributed by atoms with E-state index in [1.54, 1.807) is 30.3 Å². The van der Waals surface area contributed by atoms with E-state index in [9.17, 15) is 18.0 Å². The number of hydrogen-bond donors (Lipinski definition) is 1. The Balaban J connectivity index is 1.66. The highest BCUT2D eigenvalue weighted by Crippen LogP contribution is 2.41. The summed E-state index contributed by atoms with van der Waals surface area (Å²) in [5.41, 5.74) is 1.14. The number of carbonyl (C=O) groups excluding carboxylic acids is 1. The number of aliphatic imine (C=N–C) groups is 1. The zero-order chi connectivity index (χ0) is 25.9. The van der Waals surface area contributed by atoms with Gasteiger partial charge in [-0.25, -0.2) is 4.98 Å². The maximum atomic E-state index is 14.3. The minimum atomic E-state index is -4.67. The van der Waals surface area contributed by atoms with E-state index in [4.69, 9.17) is 4.74 Å². The van der Waals surface area contributed by atoms with Crippen molar-refractivity contribution in [3.8, 4) is 5.88 Å². The molecule has 1 aliphatic heterocycles. The van der Waals surface area contributed by atoms with Gasteiger partial charge in [0.25, 0.3) is 5.91 Å². The maximum absolute atomic E-state index is 14.3. The minimum Gasteiger partial charge on any atom is -0.468 e. The van der Waals surface area contributed by atoms with Crippen molar-refractivity contribution < 1.29 is 22.7 Å². The highest BCUT2D eigenvalue weighted by Gasteiger charge is 2.40. The zero-order valence-corrected chi connectivity index (χ0v) is 20.3. The summed E-state index contributed by atoms with van der Waals surface area (Å²) >= 11 is 0. The van der Waals surface area contributed by atoms with Crippen molar-refractivity contribution in [2.45, 2.75) is 38.9 Å². The van der Waals surface area contributed by atoms with Gasteiger partial charge < -0.3 is 10.1 Å². The number of alkyl halides is 3. The second-order valence-corrected chi connectivity index (χ2v) is 9.08. The van der Waals surface area contributed by atoms with Crippen LogP contribution in [0.4, 0.5) is 13.2 Å². The summed E-state index contributed by atoms with van der Waals surface area (Å²) in [4.78, 5) is 21.5. The first kappa shape index (κ1) is 25.4. The van der Waals surface area contributed by atoms with Crippen molar-refractivity contribution in [3.63, 3.8) is 0 Å². The maximum Gasteiger partial charge on any atom is 0.417 e. The van der Waals surface area contributed by atoms with Crippen LogP contribution in [-0.2, 0) is 11.0 Å². The van der Waals surface area contributed by atoms with E-state index in [0.29, 0.717) is 12.1 Å². The van der Waals surface area contributed by atoms with Crippen LogP contribution < -0.4 is 10.1 Å². The Kier molecular flexibility index (Phi) is 7.43. The molecule has 36 heavy (non-hydrogen) atoms. The predicted molar refractivity (Wildman–Crippen MR) is 132 cm³/mol. The smallest absolute Gasteiger partial charge is 0.417 e. The molecule has 1 aliphatic rings.